The van der Waals surface area contributed by atoms with Crippen LogP contribution >= 0.6 is 22.7 Å². The van der Waals surface area contributed by atoms with E-state index in [-0.39, 0.29) is 0 Å². The molecule has 0 amide bonds. The van der Waals surface area contributed by atoms with Crippen molar-refractivity contribution in [3.05, 3.63) is 22.9 Å². The van der Waals surface area contributed by atoms with Crippen molar-refractivity contribution in [1.29, 1.82) is 0 Å². The average molecular weight is 791 g/mol. The number of hydrogen-bond acceptors (Lipinski definition) is 2. The molecule has 2 rings (SSSR count). The van der Waals surface area contributed by atoms with Gasteiger partial charge in [-0.1, -0.05) is 0 Å². The van der Waals surface area contributed by atoms with E-state index < -0.39 is 50.0 Å². The van der Waals surface area contributed by atoms with Gasteiger partial charge in [-0.15, -0.1) is 0 Å². The summed E-state index contributed by atoms with van der Waals surface area (Å²) < 4.78 is 7.35. The van der Waals surface area contributed by atoms with Crippen molar-refractivity contribution in [1.82, 2.24) is 0 Å². The Hall–Kier alpha value is 1.54. The van der Waals surface area contributed by atoms with E-state index in [2.05, 4.69) is 103 Å². The molecule has 0 aliphatic heterocycles. The normalized spacial score (nSPS) is 14.9. The average Bonchev–Trinajstić information content (AvgIpc) is 3.48. The van der Waals surface area contributed by atoms with Crippen molar-refractivity contribution in [2.24, 2.45) is 11.8 Å². The molecule has 0 nitrogen and oxygen atoms in total. The topological polar surface area (TPSA) is 0 Å². The van der Waals surface area contributed by atoms with E-state index in [4.69, 9.17) is 0 Å². The van der Waals surface area contributed by atoms with Crippen LogP contribution in [-0.4, -0.2) is 50.0 Å². The molecule has 2 atom stereocenters. The predicted molar refractivity (Wildman–Crippen MR) is 176 cm³/mol. The van der Waals surface area contributed by atoms with Crippen LogP contribution in [0.4, 0.5) is 0 Å². The van der Waals surface area contributed by atoms with Crippen LogP contribution in [0, 0.1) is 11.8 Å². The maximum absolute atomic E-state index is 2.80. The van der Waals surface area contributed by atoms with Crippen LogP contribution in [0.2, 0.25) is 40.1 Å². The molecule has 2 aromatic heterocycles. The molecule has 0 aliphatic carbocycles. The molecule has 0 spiro atoms. The Bertz CT molecular complexity index is 799. The first-order chi connectivity index (χ1) is 16.4. The fourth-order valence-electron chi connectivity index (χ4n) is 5.55. The zero-order valence-electron chi connectivity index (χ0n) is 24.9. The fourth-order valence-corrected chi connectivity index (χ4v) is 34.9. The quantitative estimate of drug-likeness (QED) is 0.149. The van der Waals surface area contributed by atoms with Gasteiger partial charge in [-0.2, -0.15) is 0 Å². The Labute approximate surface area is 238 Å². The van der Waals surface area contributed by atoms with E-state index >= 15 is 0 Å². The Morgan fingerprint density at radius 3 is 1.29 bits per heavy atom. The second-order valence-corrected chi connectivity index (χ2v) is 54.6. The Morgan fingerprint density at radius 2 is 1.03 bits per heavy atom. The van der Waals surface area contributed by atoms with E-state index in [9.17, 15) is 0 Å². The first-order valence-electron chi connectivity index (χ1n) is 14.6. The van der Waals surface area contributed by atoms with Crippen LogP contribution in [0.5, 0.6) is 0 Å². The molecule has 0 aliphatic rings. The van der Waals surface area contributed by atoms with E-state index in [1.165, 1.54) is 61.9 Å². The molecule has 35 heavy (non-hydrogen) atoms. The summed E-state index contributed by atoms with van der Waals surface area (Å²) >= 11 is -2.42. The third-order valence-corrected chi connectivity index (χ3v) is 41.2. The summed E-state index contributed by atoms with van der Waals surface area (Å²) in [4.78, 5) is 15.7. The molecule has 0 saturated heterocycles. The second-order valence-electron chi connectivity index (χ2n) is 13.2. The minimum absolute atomic E-state index is 0.904. The molecular formula is C30H56GeS2Sn2. The molecule has 2 aromatic rings. The molecule has 0 fully saturated rings. The molecule has 0 N–H and O–H groups in total. The van der Waals surface area contributed by atoms with E-state index in [0.717, 1.165) is 11.8 Å². The van der Waals surface area contributed by atoms with Gasteiger partial charge in [0.1, 0.15) is 0 Å². The first kappa shape index (κ1) is 32.8. The van der Waals surface area contributed by atoms with E-state index in [1.807, 2.05) is 8.79 Å². The summed E-state index contributed by atoms with van der Waals surface area (Å²) in [5.41, 5.74) is 0. The number of unbranched alkanes of at least 4 members (excludes halogenated alkanes) is 2. The zero-order valence-corrected chi connectivity index (χ0v) is 34.3. The standard InChI is InChI=1S/C24H38GeS2.6CH3.2Sn/c1-5-9-11-21(7-3)17-25(23-13-15-26-19-23,24-14-16-27-20-24)18-22(8-4)12-10-6-2;;;;;;;;/h13-14,19-22H,5-12,17-18H2,1-4H3;6*1H3;;. The van der Waals surface area contributed by atoms with E-state index in [1.54, 1.807) is 5.79 Å². The Balaban J connectivity index is 2.71. The fraction of sp³-hybridized carbons (Fsp3) is 0.733. The summed E-state index contributed by atoms with van der Waals surface area (Å²) in [6.07, 6.45) is 11.1. The van der Waals surface area contributed by atoms with Gasteiger partial charge in [0.25, 0.3) is 0 Å². The molecule has 0 radical (unpaired) electrons. The van der Waals surface area contributed by atoms with Gasteiger partial charge < -0.3 is 0 Å². The molecule has 2 heterocycles. The zero-order chi connectivity index (χ0) is 26.3. The first-order valence-corrected chi connectivity index (χ1v) is 41.4. The number of thiophene rings is 2. The molecule has 5 heteroatoms. The molecule has 200 valence electrons. The molecule has 2 unspecified atom stereocenters. The van der Waals surface area contributed by atoms with Gasteiger partial charge in [0.05, 0.1) is 0 Å². The van der Waals surface area contributed by atoms with Crippen molar-refractivity contribution < 1.29 is 0 Å². The summed E-state index contributed by atoms with van der Waals surface area (Å²) in [5.74, 6) is 1.81. The van der Waals surface area contributed by atoms with Crippen molar-refractivity contribution in [3.8, 4) is 0 Å². The monoisotopic (exact) mass is 794 g/mol. The van der Waals surface area contributed by atoms with E-state index in [0.29, 0.717) is 0 Å². The minimum atomic E-state index is -2.56. The van der Waals surface area contributed by atoms with Crippen LogP contribution in [0.3, 0.4) is 0 Å². The summed E-state index contributed by atoms with van der Waals surface area (Å²) in [6.45, 7) is 9.72. The van der Waals surface area contributed by atoms with Gasteiger partial charge >= 0.3 is 241 Å². The predicted octanol–water partition coefficient (Wildman–Crippen LogP) is 8.90. The molecule has 0 bridgehead atoms. The van der Waals surface area contributed by atoms with Gasteiger partial charge in [-0.25, -0.2) is 0 Å². The third kappa shape index (κ3) is 9.31. The maximum atomic E-state index is 2.80. The van der Waals surface area contributed by atoms with Crippen LogP contribution in [0.25, 0.3) is 0 Å². The Kier molecular flexibility index (Phi) is 13.8. The van der Waals surface area contributed by atoms with Crippen LogP contribution in [0.15, 0.2) is 22.9 Å². The van der Waals surface area contributed by atoms with Crippen LogP contribution < -0.4 is 14.6 Å². The van der Waals surface area contributed by atoms with Gasteiger partial charge in [0.15, 0.2) is 0 Å². The van der Waals surface area contributed by atoms with Crippen molar-refractivity contribution in [2.75, 3.05) is 0 Å². The molecular weight excluding hydrogens is 734 g/mol. The number of rotatable bonds is 16. The van der Waals surface area contributed by atoms with Gasteiger partial charge in [-0.3, -0.25) is 0 Å². The Morgan fingerprint density at radius 1 is 0.657 bits per heavy atom. The summed E-state index contributed by atoms with van der Waals surface area (Å²) in [6, 6.07) is 5.61. The van der Waals surface area contributed by atoms with Gasteiger partial charge in [0, 0.05) is 0 Å². The van der Waals surface area contributed by atoms with Gasteiger partial charge in [0.2, 0.25) is 0 Å². The van der Waals surface area contributed by atoms with Crippen LogP contribution in [0.1, 0.15) is 79.1 Å². The SMILES string of the molecule is CCCCC(CC)[CH2][Ge]([CH2]C(CC)CCCC)([c]1cs[c]([Sn]([CH3])([CH3])[CH3])c1)[c]1cs[c]([Sn]([CH3])([CH3])[CH3])c1. The van der Waals surface area contributed by atoms with Gasteiger partial charge in [-0.05, 0) is 0 Å². The third-order valence-electron chi connectivity index (χ3n) is 8.14. The summed E-state index contributed by atoms with van der Waals surface area (Å²) in [7, 11) is 0. The summed E-state index contributed by atoms with van der Waals surface area (Å²) in [5, 5.41) is 8.47. The number of hydrogen-bond donors (Lipinski definition) is 0. The molecule has 0 saturated carbocycles. The van der Waals surface area contributed by atoms with Crippen LogP contribution in [-0.2, 0) is 0 Å². The van der Waals surface area contributed by atoms with Crippen molar-refractivity contribution in [2.45, 2.75) is 119 Å². The van der Waals surface area contributed by atoms with Crippen molar-refractivity contribution >= 4 is 87.3 Å². The van der Waals surface area contributed by atoms with Crippen molar-refractivity contribution in [3.63, 3.8) is 0 Å². The second kappa shape index (κ2) is 14.8. The molecule has 0 aromatic carbocycles.